The first-order chi connectivity index (χ1) is 8.72. The summed E-state index contributed by atoms with van der Waals surface area (Å²) in [6, 6.07) is 6.44. The van der Waals surface area contributed by atoms with Gasteiger partial charge in [-0.15, -0.1) is 0 Å². The second-order valence-corrected chi connectivity index (χ2v) is 5.20. The molecular formula is C14H17ClN2O. The summed E-state index contributed by atoms with van der Waals surface area (Å²) in [5.74, 6) is 0.876. The molecule has 0 amide bonds. The second kappa shape index (κ2) is 4.48. The molecule has 1 unspecified atom stereocenters. The Balaban J connectivity index is 2.23. The number of hydrogen-bond donors (Lipinski definition) is 1. The van der Waals surface area contributed by atoms with Crippen molar-refractivity contribution in [3.63, 3.8) is 0 Å². The Morgan fingerprint density at radius 2 is 2.28 bits per heavy atom. The Hall–Kier alpha value is -1.19. The quantitative estimate of drug-likeness (QED) is 0.901. The molecule has 2 heterocycles. The zero-order chi connectivity index (χ0) is 12.7. The minimum Gasteiger partial charge on any atom is -0.495 e. The third-order valence-corrected chi connectivity index (χ3v) is 4.11. The minimum absolute atomic E-state index is 0.433. The Morgan fingerprint density at radius 3 is 2.94 bits per heavy atom. The Bertz CT molecular complexity index is 585. The van der Waals surface area contributed by atoms with E-state index in [1.54, 1.807) is 7.11 Å². The summed E-state index contributed by atoms with van der Waals surface area (Å²) < 4.78 is 7.64. The molecule has 1 saturated heterocycles. The van der Waals surface area contributed by atoms with E-state index in [1.165, 1.54) is 18.5 Å². The van der Waals surface area contributed by atoms with Crippen LogP contribution < -0.4 is 10.1 Å². The maximum atomic E-state index is 6.29. The largest absolute Gasteiger partial charge is 0.495 e. The van der Waals surface area contributed by atoms with Gasteiger partial charge in [-0.05, 0) is 37.6 Å². The molecule has 1 aromatic heterocycles. The van der Waals surface area contributed by atoms with Gasteiger partial charge in [-0.1, -0.05) is 11.6 Å². The average molecular weight is 265 g/mol. The number of rotatable bonds is 2. The van der Waals surface area contributed by atoms with Crippen LogP contribution in [0.5, 0.6) is 5.75 Å². The summed E-state index contributed by atoms with van der Waals surface area (Å²) in [5.41, 5.74) is 2.36. The number of methoxy groups -OCH3 is 1. The van der Waals surface area contributed by atoms with E-state index in [1.807, 2.05) is 12.1 Å². The van der Waals surface area contributed by atoms with Crippen molar-refractivity contribution in [3.05, 3.63) is 28.9 Å². The summed E-state index contributed by atoms with van der Waals surface area (Å²) in [6.07, 6.45) is 2.42. The zero-order valence-corrected chi connectivity index (χ0v) is 11.4. The van der Waals surface area contributed by atoms with Gasteiger partial charge in [0.05, 0.1) is 17.6 Å². The maximum Gasteiger partial charge on any atom is 0.143 e. The van der Waals surface area contributed by atoms with E-state index < -0.39 is 0 Å². The van der Waals surface area contributed by atoms with Crippen molar-refractivity contribution >= 4 is 22.5 Å². The lowest BCUT2D eigenvalue weighted by atomic mass is 10.1. The molecule has 1 aromatic carbocycles. The number of nitrogens with one attached hydrogen (secondary N) is 1. The number of nitrogens with zero attached hydrogens (tertiary/aromatic N) is 1. The SMILES string of the molecule is COc1ccc(Cl)c2cc(C3CCCN3)n(C)c12. The Morgan fingerprint density at radius 1 is 1.44 bits per heavy atom. The van der Waals surface area contributed by atoms with E-state index in [0.717, 1.165) is 28.2 Å². The third-order valence-electron chi connectivity index (χ3n) is 3.78. The summed E-state index contributed by atoms with van der Waals surface area (Å²) in [7, 11) is 3.78. The van der Waals surface area contributed by atoms with Crippen LogP contribution in [0.15, 0.2) is 18.2 Å². The fourth-order valence-electron chi connectivity index (χ4n) is 2.86. The van der Waals surface area contributed by atoms with Crippen LogP contribution in [0.4, 0.5) is 0 Å². The average Bonchev–Trinajstić information content (AvgIpc) is 2.99. The molecule has 0 spiro atoms. The summed E-state index contributed by atoms with van der Waals surface area (Å²) in [5, 5.41) is 5.38. The van der Waals surface area contributed by atoms with E-state index in [9.17, 15) is 0 Å². The lowest BCUT2D eigenvalue weighted by Crippen LogP contribution is -2.15. The van der Waals surface area contributed by atoms with Gasteiger partial charge in [-0.3, -0.25) is 0 Å². The summed E-state index contributed by atoms with van der Waals surface area (Å²) in [4.78, 5) is 0. The van der Waals surface area contributed by atoms with Gasteiger partial charge in [-0.2, -0.15) is 0 Å². The molecule has 3 nitrogen and oxygen atoms in total. The van der Waals surface area contributed by atoms with Gasteiger partial charge in [0, 0.05) is 24.2 Å². The lowest BCUT2D eigenvalue weighted by Gasteiger charge is -2.12. The highest BCUT2D eigenvalue weighted by atomic mass is 35.5. The van der Waals surface area contributed by atoms with Crippen molar-refractivity contribution in [2.45, 2.75) is 18.9 Å². The molecule has 3 rings (SSSR count). The number of benzene rings is 1. The van der Waals surface area contributed by atoms with Crippen molar-refractivity contribution in [1.29, 1.82) is 0 Å². The highest BCUT2D eigenvalue weighted by Crippen LogP contribution is 2.36. The van der Waals surface area contributed by atoms with Gasteiger partial charge in [0.25, 0.3) is 0 Å². The van der Waals surface area contributed by atoms with E-state index >= 15 is 0 Å². The number of ether oxygens (including phenoxy) is 1. The number of aromatic nitrogens is 1. The van der Waals surface area contributed by atoms with Gasteiger partial charge in [0.1, 0.15) is 5.75 Å². The highest BCUT2D eigenvalue weighted by molar-refractivity contribution is 6.35. The van der Waals surface area contributed by atoms with Crippen molar-refractivity contribution in [3.8, 4) is 5.75 Å². The lowest BCUT2D eigenvalue weighted by molar-refractivity contribution is 0.417. The zero-order valence-electron chi connectivity index (χ0n) is 10.7. The van der Waals surface area contributed by atoms with Crippen LogP contribution in [0.3, 0.4) is 0 Å². The molecule has 0 aliphatic carbocycles. The van der Waals surface area contributed by atoms with Crippen LogP contribution in [0.25, 0.3) is 10.9 Å². The first kappa shape index (κ1) is 11.9. The molecular weight excluding hydrogens is 248 g/mol. The van der Waals surface area contributed by atoms with E-state index in [0.29, 0.717) is 6.04 Å². The first-order valence-electron chi connectivity index (χ1n) is 6.27. The van der Waals surface area contributed by atoms with Crippen LogP contribution in [0.2, 0.25) is 5.02 Å². The highest BCUT2D eigenvalue weighted by Gasteiger charge is 2.22. The fraction of sp³-hybridized carbons (Fsp3) is 0.429. The molecule has 0 saturated carbocycles. The van der Waals surface area contributed by atoms with Gasteiger partial charge >= 0.3 is 0 Å². The van der Waals surface area contributed by atoms with Crippen molar-refractivity contribution in [1.82, 2.24) is 9.88 Å². The van der Waals surface area contributed by atoms with E-state index in [-0.39, 0.29) is 0 Å². The second-order valence-electron chi connectivity index (χ2n) is 4.79. The molecule has 0 bridgehead atoms. The van der Waals surface area contributed by atoms with Gasteiger partial charge in [-0.25, -0.2) is 0 Å². The predicted octanol–water partition coefficient (Wildman–Crippen LogP) is 3.26. The fourth-order valence-corrected chi connectivity index (χ4v) is 3.06. The molecule has 1 atom stereocenters. The molecule has 1 fully saturated rings. The molecule has 96 valence electrons. The number of fused-ring (bicyclic) bond motifs is 1. The van der Waals surface area contributed by atoms with Crippen LogP contribution in [0.1, 0.15) is 24.6 Å². The van der Waals surface area contributed by atoms with Crippen molar-refractivity contribution < 1.29 is 4.74 Å². The predicted molar refractivity (Wildman–Crippen MR) is 74.5 cm³/mol. The molecule has 18 heavy (non-hydrogen) atoms. The number of aryl methyl sites for hydroxylation is 1. The molecule has 1 aliphatic heterocycles. The van der Waals surface area contributed by atoms with E-state index in [2.05, 4.69) is 23.0 Å². The molecule has 1 aliphatic rings. The van der Waals surface area contributed by atoms with E-state index in [4.69, 9.17) is 16.3 Å². The third kappa shape index (κ3) is 1.70. The van der Waals surface area contributed by atoms with Crippen molar-refractivity contribution in [2.75, 3.05) is 13.7 Å². The summed E-state index contributed by atoms with van der Waals surface area (Å²) in [6.45, 7) is 1.09. The Kier molecular flexibility index (Phi) is 2.96. The monoisotopic (exact) mass is 264 g/mol. The normalized spacial score (nSPS) is 19.6. The summed E-state index contributed by atoms with van der Waals surface area (Å²) >= 11 is 6.29. The van der Waals surface area contributed by atoms with Gasteiger partial charge in [0.2, 0.25) is 0 Å². The minimum atomic E-state index is 0.433. The van der Waals surface area contributed by atoms with Crippen molar-refractivity contribution in [2.24, 2.45) is 7.05 Å². The molecule has 1 N–H and O–H groups in total. The molecule has 4 heteroatoms. The first-order valence-corrected chi connectivity index (χ1v) is 6.65. The smallest absolute Gasteiger partial charge is 0.143 e. The van der Waals surface area contributed by atoms with Crippen LogP contribution in [-0.4, -0.2) is 18.2 Å². The number of hydrogen-bond acceptors (Lipinski definition) is 2. The maximum absolute atomic E-state index is 6.29. The standard InChI is InChI=1S/C14H17ClN2O/c1-17-12(11-4-3-7-16-11)8-9-10(15)5-6-13(18-2)14(9)17/h5-6,8,11,16H,3-4,7H2,1-2H3. The van der Waals surface area contributed by atoms with Gasteiger partial charge in [0.15, 0.2) is 0 Å². The van der Waals surface area contributed by atoms with Crippen LogP contribution in [-0.2, 0) is 7.05 Å². The van der Waals surface area contributed by atoms with Crippen LogP contribution in [0, 0.1) is 0 Å². The Labute approximate surface area is 112 Å². The molecule has 2 aromatic rings. The van der Waals surface area contributed by atoms with Crippen LogP contribution >= 0.6 is 11.6 Å². The number of halogens is 1. The molecule has 0 radical (unpaired) electrons. The topological polar surface area (TPSA) is 26.2 Å². The van der Waals surface area contributed by atoms with Gasteiger partial charge < -0.3 is 14.6 Å².